The molecule has 6 nitrogen and oxygen atoms in total. The van der Waals surface area contributed by atoms with E-state index >= 15 is 0 Å². The molecule has 1 fully saturated rings. The molecule has 0 unspecified atom stereocenters. The predicted octanol–water partition coefficient (Wildman–Crippen LogP) is 4.59. The number of ether oxygens (including phenoxy) is 2. The maximum absolute atomic E-state index is 13.2. The summed E-state index contributed by atoms with van der Waals surface area (Å²) in [4.78, 5) is 27.7. The van der Waals surface area contributed by atoms with Crippen molar-refractivity contribution in [2.45, 2.75) is 57.7 Å². The van der Waals surface area contributed by atoms with Crippen LogP contribution >= 0.6 is 11.6 Å². The van der Waals surface area contributed by atoms with E-state index in [1.54, 1.807) is 43.2 Å². The Morgan fingerprint density at radius 2 is 1.88 bits per heavy atom. The van der Waals surface area contributed by atoms with Crippen molar-refractivity contribution in [3.05, 3.63) is 59.1 Å². The first kappa shape index (κ1) is 23.9. The summed E-state index contributed by atoms with van der Waals surface area (Å²) >= 11 is 6.14. The molecule has 172 valence electrons. The van der Waals surface area contributed by atoms with E-state index in [-0.39, 0.29) is 31.0 Å². The largest absolute Gasteiger partial charge is 0.497 e. The number of methoxy groups -OCH3 is 1. The predicted molar refractivity (Wildman–Crippen MR) is 125 cm³/mol. The lowest BCUT2D eigenvalue weighted by atomic mass is 9.95. The van der Waals surface area contributed by atoms with Crippen molar-refractivity contribution in [2.24, 2.45) is 0 Å². The number of carbonyl (C=O) groups excluding carboxylic acids is 2. The first-order valence-corrected chi connectivity index (χ1v) is 11.5. The van der Waals surface area contributed by atoms with E-state index in [2.05, 4.69) is 5.32 Å². The van der Waals surface area contributed by atoms with Crippen molar-refractivity contribution >= 4 is 23.4 Å². The quantitative estimate of drug-likeness (QED) is 0.596. The van der Waals surface area contributed by atoms with E-state index in [4.69, 9.17) is 21.1 Å². The van der Waals surface area contributed by atoms with Gasteiger partial charge in [-0.25, -0.2) is 0 Å². The van der Waals surface area contributed by atoms with Crippen LogP contribution in [0, 0.1) is 0 Å². The standard InChI is InChI=1S/C25H31ClN2O4/c1-18(25(30)27-20-10-4-3-5-11-20)28(16-19-9-8-12-21(15-19)31-2)24(29)17-32-23-14-7-6-13-22(23)26/h6-9,12-15,18,20H,3-5,10-11,16-17H2,1-2H3,(H,27,30)/t18-/m0/s1. The van der Waals surface area contributed by atoms with Gasteiger partial charge in [0.25, 0.3) is 5.91 Å². The number of carbonyl (C=O) groups is 2. The minimum atomic E-state index is -0.648. The number of nitrogens with zero attached hydrogens (tertiary/aromatic N) is 1. The molecule has 2 aromatic carbocycles. The van der Waals surface area contributed by atoms with Crippen LogP contribution in [0.25, 0.3) is 0 Å². The summed E-state index contributed by atoms with van der Waals surface area (Å²) in [6.45, 7) is 1.81. The average molecular weight is 459 g/mol. The monoisotopic (exact) mass is 458 g/mol. The smallest absolute Gasteiger partial charge is 0.261 e. The summed E-state index contributed by atoms with van der Waals surface area (Å²) in [5, 5.41) is 3.56. The molecule has 0 bridgehead atoms. The van der Waals surface area contributed by atoms with Crippen molar-refractivity contribution in [1.82, 2.24) is 10.2 Å². The van der Waals surface area contributed by atoms with Gasteiger partial charge in [-0.05, 0) is 49.6 Å². The van der Waals surface area contributed by atoms with Crippen LogP contribution in [-0.4, -0.2) is 42.5 Å². The molecule has 0 heterocycles. The highest BCUT2D eigenvalue weighted by molar-refractivity contribution is 6.32. The number of amides is 2. The Bertz CT molecular complexity index is 914. The van der Waals surface area contributed by atoms with Crippen LogP contribution in [0.2, 0.25) is 5.02 Å². The maximum Gasteiger partial charge on any atom is 0.261 e. The third-order valence-electron chi connectivity index (χ3n) is 5.79. The second kappa shape index (κ2) is 11.8. The third kappa shape index (κ3) is 6.63. The highest BCUT2D eigenvalue weighted by Gasteiger charge is 2.28. The summed E-state index contributed by atoms with van der Waals surface area (Å²) in [6, 6.07) is 14.0. The Morgan fingerprint density at radius 1 is 1.12 bits per heavy atom. The second-order valence-electron chi connectivity index (χ2n) is 8.11. The molecule has 32 heavy (non-hydrogen) atoms. The first-order chi connectivity index (χ1) is 15.5. The van der Waals surface area contributed by atoms with E-state index in [1.807, 2.05) is 24.3 Å². The zero-order chi connectivity index (χ0) is 22.9. The van der Waals surface area contributed by atoms with Crippen molar-refractivity contribution in [2.75, 3.05) is 13.7 Å². The van der Waals surface area contributed by atoms with Gasteiger partial charge in [0.05, 0.1) is 12.1 Å². The number of halogens is 1. The van der Waals surface area contributed by atoms with Gasteiger partial charge in [-0.1, -0.05) is 55.1 Å². The van der Waals surface area contributed by atoms with Crippen LogP contribution < -0.4 is 14.8 Å². The van der Waals surface area contributed by atoms with Crippen molar-refractivity contribution < 1.29 is 19.1 Å². The van der Waals surface area contributed by atoms with Crippen LogP contribution in [0.1, 0.15) is 44.6 Å². The lowest BCUT2D eigenvalue weighted by molar-refractivity contribution is -0.142. The van der Waals surface area contributed by atoms with Gasteiger partial charge in [-0.3, -0.25) is 9.59 Å². The lowest BCUT2D eigenvalue weighted by Crippen LogP contribution is -2.51. The topological polar surface area (TPSA) is 67.9 Å². The van der Waals surface area contributed by atoms with Crippen LogP contribution in [-0.2, 0) is 16.1 Å². The normalized spacial score (nSPS) is 15.0. The summed E-state index contributed by atoms with van der Waals surface area (Å²) in [5.74, 6) is 0.689. The molecule has 1 aliphatic carbocycles. The summed E-state index contributed by atoms with van der Waals surface area (Å²) in [6.07, 6.45) is 5.42. The Kier molecular flexibility index (Phi) is 8.80. The van der Waals surface area contributed by atoms with E-state index in [9.17, 15) is 9.59 Å². The fourth-order valence-corrected chi connectivity index (χ4v) is 4.09. The van der Waals surface area contributed by atoms with E-state index < -0.39 is 6.04 Å². The van der Waals surface area contributed by atoms with E-state index in [1.165, 1.54) is 6.42 Å². The van der Waals surface area contributed by atoms with Gasteiger partial charge >= 0.3 is 0 Å². The Labute approximate surface area is 194 Å². The van der Waals surface area contributed by atoms with Crippen LogP contribution in [0.4, 0.5) is 0 Å². The van der Waals surface area contributed by atoms with Crippen LogP contribution in [0.5, 0.6) is 11.5 Å². The fraction of sp³-hybridized carbons (Fsp3) is 0.440. The highest BCUT2D eigenvalue weighted by Crippen LogP contribution is 2.24. The Balaban J connectivity index is 1.73. The molecular formula is C25H31ClN2O4. The Hall–Kier alpha value is -2.73. The summed E-state index contributed by atoms with van der Waals surface area (Å²) in [5.41, 5.74) is 0.868. The maximum atomic E-state index is 13.2. The molecule has 0 aliphatic heterocycles. The number of nitrogens with one attached hydrogen (secondary N) is 1. The third-order valence-corrected chi connectivity index (χ3v) is 6.11. The van der Waals surface area contributed by atoms with Crippen molar-refractivity contribution in [3.8, 4) is 11.5 Å². The van der Waals surface area contributed by atoms with Gasteiger partial charge in [0.2, 0.25) is 5.91 Å². The minimum absolute atomic E-state index is 0.147. The number of hydrogen-bond acceptors (Lipinski definition) is 4. The molecule has 0 aromatic heterocycles. The molecule has 0 radical (unpaired) electrons. The van der Waals surface area contributed by atoms with Crippen molar-refractivity contribution in [3.63, 3.8) is 0 Å². The van der Waals surface area contributed by atoms with E-state index in [0.29, 0.717) is 16.5 Å². The van der Waals surface area contributed by atoms with Gasteiger partial charge in [-0.2, -0.15) is 0 Å². The highest BCUT2D eigenvalue weighted by atomic mass is 35.5. The molecule has 3 rings (SSSR count). The van der Waals surface area contributed by atoms with Crippen molar-refractivity contribution in [1.29, 1.82) is 0 Å². The summed E-state index contributed by atoms with van der Waals surface area (Å²) < 4.78 is 11.0. The Morgan fingerprint density at radius 3 is 2.59 bits per heavy atom. The van der Waals surface area contributed by atoms with Gasteiger partial charge in [0.15, 0.2) is 6.61 Å². The molecule has 0 saturated heterocycles. The molecule has 1 saturated carbocycles. The minimum Gasteiger partial charge on any atom is -0.497 e. The number of hydrogen-bond donors (Lipinski definition) is 1. The van der Waals surface area contributed by atoms with Gasteiger partial charge in [0.1, 0.15) is 17.5 Å². The lowest BCUT2D eigenvalue weighted by Gasteiger charge is -2.31. The number of para-hydroxylation sites is 1. The van der Waals surface area contributed by atoms with Gasteiger partial charge in [-0.15, -0.1) is 0 Å². The molecule has 1 N–H and O–H groups in total. The number of benzene rings is 2. The molecular weight excluding hydrogens is 428 g/mol. The number of rotatable bonds is 9. The molecule has 2 amide bonds. The van der Waals surface area contributed by atoms with Gasteiger partial charge < -0.3 is 19.7 Å². The fourth-order valence-electron chi connectivity index (χ4n) is 3.90. The molecule has 1 atom stereocenters. The van der Waals surface area contributed by atoms with Crippen LogP contribution in [0.15, 0.2) is 48.5 Å². The molecule has 2 aromatic rings. The second-order valence-corrected chi connectivity index (χ2v) is 8.52. The van der Waals surface area contributed by atoms with Gasteiger partial charge in [0, 0.05) is 12.6 Å². The van der Waals surface area contributed by atoms with Crippen LogP contribution in [0.3, 0.4) is 0 Å². The summed E-state index contributed by atoms with van der Waals surface area (Å²) in [7, 11) is 1.60. The zero-order valence-corrected chi connectivity index (χ0v) is 19.4. The molecule has 1 aliphatic rings. The molecule has 0 spiro atoms. The first-order valence-electron chi connectivity index (χ1n) is 11.1. The molecule has 7 heteroatoms. The van der Waals surface area contributed by atoms with E-state index in [0.717, 1.165) is 31.2 Å². The SMILES string of the molecule is COc1cccc(CN(C(=O)COc2ccccc2Cl)[C@@H](C)C(=O)NC2CCCCC2)c1. The zero-order valence-electron chi connectivity index (χ0n) is 18.7. The average Bonchev–Trinajstić information content (AvgIpc) is 2.82.